The van der Waals surface area contributed by atoms with Gasteiger partial charge in [-0.3, -0.25) is 9.48 Å². The maximum absolute atomic E-state index is 11.8. The molecule has 1 rings (SSSR count). The fourth-order valence-corrected chi connectivity index (χ4v) is 2.27. The predicted molar refractivity (Wildman–Crippen MR) is 61.5 cm³/mol. The fraction of sp³-hybridized carbons (Fsp3) is 0.500. The second kappa shape index (κ2) is 5.15. The first-order valence-electron chi connectivity index (χ1n) is 4.92. The lowest BCUT2D eigenvalue weighted by Gasteiger charge is -2.05. The van der Waals surface area contributed by atoms with E-state index in [-0.39, 0.29) is 17.3 Å². The average molecular weight is 261 g/mol. The molecule has 0 aliphatic carbocycles. The predicted octanol–water partition coefficient (Wildman–Crippen LogP) is -1.58. The van der Waals surface area contributed by atoms with Crippen LogP contribution in [0.15, 0.2) is 11.1 Å². The zero-order chi connectivity index (χ0) is 13.1. The summed E-state index contributed by atoms with van der Waals surface area (Å²) in [6.45, 7) is 1.85. The number of aromatic nitrogens is 2. The van der Waals surface area contributed by atoms with Crippen molar-refractivity contribution in [1.82, 2.24) is 19.8 Å². The summed E-state index contributed by atoms with van der Waals surface area (Å²) in [6, 6.07) is 0. The van der Waals surface area contributed by atoms with Gasteiger partial charge in [0.15, 0.2) is 5.82 Å². The van der Waals surface area contributed by atoms with Crippen LogP contribution in [0.5, 0.6) is 0 Å². The number of likely N-dealkylation sites (N-methyl/N-ethyl adjacent to an activating group) is 1. The summed E-state index contributed by atoms with van der Waals surface area (Å²) in [5.41, 5.74) is 5.44. The van der Waals surface area contributed by atoms with Crippen LogP contribution >= 0.6 is 0 Å². The first-order chi connectivity index (χ1) is 7.86. The number of rotatable bonds is 5. The average Bonchev–Trinajstić information content (AvgIpc) is 2.56. The molecule has 96 valence electrons. The molecule has 8 nitrogen and oxygen atoms in total. The highest BCUT2D eigenvalue weighted by atomic mass is 32.2. The van der Waals surface area contributed by atoms with Crippen molar-refractivity contribution in [2.24, 2.45) is 7.05 Å². The fourth-order valence-electron chi connectivity index (χ4n) is 1.19. The first-order valence-corrected chi connectivity index (χ1v) is 6.40. The van der Waals surface area contributed by atoms with Crippen molar-refractivity contribution in [3.63, 3.8) is 0 Å². The molecular formula is C8H15N5O3S. The largest absolute Gasteiger partial charge is 0.381 e. The van der Waals surface area contributed by atoms with Crippen LogP contribution < -0.4 is 15.8 Å². The number of carbonyl (C=O) groups excluding carboxylic acids is 1. The molecule has 0 saturated heterocycles. The van der Waals surface area contributed by atoms with Crippen LogP contribution in [0.4, 0.5) is 5.82 Å². The minimum atomic E-state index is -3.80. The second-order valence-electron chi connectivity index (χ2n) is 3.33. The third-order valence-electron chi connectivity index (χ3n) is 1.91. The van der Waals surface area contributed by atoms with E-state index in [9.17, 15) is 13.2 Å². The van der Waals surface area contributed by atoms with Gasteiger partial charge < -0.3 is 11.1 Å². The van der Waals surface area contributed by atoms with Crippen LogP contribution in [0.1, 0.15) is 6.92 Å². The Morgan fingerprint density at radius 3 is 2.71 bits per heavy atom. The van der Waals surface area contributed by atoms with Crippen LogP contribution in [0.2, 0.25) is 0 Å². The van der Waals surface area contributed by atoms with Crippen molar-refractivity contribution >= 4 is 21.7 Å². The second-order valence-corrected chi connectivity index (χ2v) is 5.07. The Labute approximate surface area is 99.2 Å². The minimum absolute atomic E-state index is 0.101. The molecule has 0 fully saturated rings. The van der Waals surface area contributed by atoms with Crippen molar-refractivity contribution in [1.29, 1.82) is 0 Å². The van der Waals surface area contributed by atoms with Crippen LogP contribution in [0.25, 0.3) is 0 Å². The number of hydrogen-bond donors (Lipinski definition) is 3. The van der Waals surface area contributed by atoms with Crippen LogP contribution in [-0.4, -0.2) is 37.2 Å². The van der Waals surface area contributed by atoms with Gasteiger partial charge in [-0.15, -0.1) is 0 Å². The van der Waals surface area contributed by atoms with E-state index in [1.54, 1.807) is 14.0 Å². The van der Waals surface area contributed by atoms with E-state index in [1.165, 1.54) is 10.9 Å². The highest BCUT2D eigenvalue weighted by Crippen LogP contribution is 2.14. The van der Waals surface area contributed by atoms with Gasteiger partial charge in [-0.25, -0.2) is 13.1 Å². The summed E-state index contributed by atoms with van der Waals surface area (Å²) in [7, 11) is -2.25. The molecule has 0 spiro atoms. The van der Waals surface area contributed by atoms with Crippen molar-refractivity contribution in [3.8, 4) is 0 Å². The molecule has 1 aromatic heterocycles. The Morgan fingerprint density at radius 2 is 2.24 bits per heavy atom. The Morgan fingerprint density at radius 1 is 1.59 bits per heavy atom. The Bertz CT molecular complexity index is 507. The topological polar surface area (TPSA) is 119 Å². The van der Waals surface area contributed by atoms with Crippen LogP contribution in [0, 0.1) is 0 Å². The number of carbonyl (C=O) groups is 1. The Hall–Kier alpha value is -1.61. The van der Waals surface area contributed by atoms with Crippen molar-refractivity contribution < 1.29 is 13.2 Å². The van der Waals surface area contributed by atoms with Gasteiger partial charge in [-0.2, -0.15) is 5.10 Å². The number of nitrogens with two attached hydrogens (primary N) is 1. The first kappa shape index (κ1) is 13.5. The number of sulfonamides is 1. The number of nitrogens with zero attached hydrogens (tertiary/aromatic N) is 2. The standard InChI is InChI=1S/C8H15N5O3S/c1-3-10-7(14)4-11-17(15,16)6-5-13(2)12-8(6)9/h5,11H,3-4H2,1-2H3,(H2,9,12)(H,10,14). The number of hydrogen-bond acceptors (Lipinski definition) is 5. The molecule has 9 heteroatoms. The van der Waals surface area contributed by atoms with Gasteiger partial charge in [-0.05, 0) is 6.92 Å². The van der Waals surface area contributed by atoms with E-state index in [2.05, 4.69) is 15.1 Å². The summed E-state index contributed by atoms with van der Waals surface area (Å²) >= 11 is 0. The molecule has 0 aromatic carbocycles. The molecule has 0 aliphatic heterocycles. The lowest BCUT2D eigenvalue weighted by Crippen LogP contribution is -2.36. The smallest absolute Gasteiger partial charge is 0.246 e. The van der Waals surface area contributed by atoms with E-state index >= 15 is 0 Å². The lowest BCUT2D eigenvalue weighted by molar-refractivity contribution is -0.119. The van der Waals surface area contributed by atoms with E-state index in [1.807, 2.05) is 0 Å². The third-order valence-corrected chi connectivity index (χ3v) is 3.33. The van der Waals surface area contributed by atoms with Gasteiger partial charge in [0.05, 0.1) is 6.54 Å². The van der Waals surface area contributed by atoms with Gasteiger partial charge in [0, 0.05) is 19.8 Å². The Kier molecular flexibility index (Phi) is 4.07. The van der Waals surface area contributed by atoms with Crippen LogP contribution in [0.3, 0.4) is 0 Å². The number of nitrogens with one attached hydrogen (secondary N) is 2. The SMILES string of the molecule is CCNC(=O)CNS(=O)(=O)c1cn(C)nc1N. The molecule has 1 heterocycles. The van der Waals surface area contributed by atoms with Gasteiger partial charge in [0.1, 0.15) is 4.90 Å². The maximum Gasteiger partial charge on any atom is 0.246 e. The number of amides is 1. The molecule has 0 bridgehead atoms. The molecule has 0 atom stereocenters. The highest BCUT2D eigenvalue weighted by molar-refractivity contribution is 7.89. The van der Waals surface area contributed by atoms with E-state index < -0.39 is 15.9 Å². The van der Waals surface area contributed by atoms with Crippen molar-refractivity contribution in [2.75, 3.05) is 18.8 Å². The molecule has 0 radical (unpaired) electrons. The maximum atomic E-state index is 11.8. The lowest BCUT2D eigenvalue weighted by atomic mass is 10.6. The molecule has 1 amide bonds. The normalized spacial score (nSPS) is 11.4. The van der Waals surface area contributed by atoms with E-state index in [4.69, 9.17) is 5.73 Å². The molecular weight excluding hydrogens is 246 g/mol. The highest BCUT2D eigenvalue weighted by Gasteiger charge is 2.21. The minimum Gasteiger partial charge on any atom is -0.381 e. The van der Waals surface area contributed by atoms with E-state index in [0.29, 0.717) is 6.54 Å². The molecule has 1 aromatic rings. The van der Waals surface area contributed by atoms with Crippen molar-refractivity contribution in [2.45, 2.75) is 11.8 Å². The van der Waals surface area contributed by atoms with Crippen molar-refractivity contribution in [3.05, 3.63) is 6.20 Å². The summed E-state index contributed by atoms with van der Waals surface area (Å²) in [6.07, 6.45) is 1.27. The number of anilines is 1. The zero-order valence-electron chi connectivity index (χ0n) is 9.60. The number of nitrogen functional groups attached to an aromatic ring is 1. The summed E-state index contributed by atoms with van der Waals surface area (Å²) < 4.78 is 26.9. The molecule has 0 saturated carbocycles. The number of aryl methyl sites for hydroxylation is 1. The summed E-state index contributed by atoms with van der Waals surface area (Å²) in [5, 5.41) is 6.19. The van der Waals surface area contributed by atoms with Gasteiger partial charge >= 0.3 is 0 Å². The zero-order valence-corrected chi connectivity index (χ0v) is 10.4. The molecule has 4 N–H and O–H groups in total. The van der Waals surface area contributed by atoms with Gasteiger partial charge in [0.25, 0.3) is 0 Å². The van der Waals surface area contributed by atoms with Crippen LogP contribution in [-0.2, 0) is 21.9 Å². The summed E-state index contributed by atoms with van der Waals surface area (Å²) in [5.74, 6) is -0.505. The van der Waals surface area contributed by atoms with Gasteiger partial charge in [0.2, 0.25) is 15.9 Å². The third kappa shape index (κ3) is 3.43. The monoisotopic (exact) mass is 261 g/mol. The van der Waals surface area contributed by atoms with E-state index in [0.717, 1.165) is 0 Å². The quantitative estimate of drug-likeness (QED) is 0.591. The molecule has 0 aliphatic rings. The molecule has 17 heavy (non-hydrogen) atoms. The van der Waals surface area contributed by atoms with Gasteiger partial charge in [-0.1, -0.05) is 0 Å². The molecule has 0 unspecified atom stereocenters. The Balaban J connectivity index is 2.76. The summed E-state index contributed by atoms with van der Waals surface area (Å²) in [4.78, 5) is 11.0.